The van der Waals surface area contributed by atoms with Crippen molar-refractivity contribution < 1.29 is 13.9 Å². The summed E-state index contributed by atoms with van der Waals surface area (Å²) in [5, 5.41) is 0.481. The molecule has 0 spiro atoms. The Bertz CT molecular complexity index is 879. The Hall–Kier alpha value is -1.82. The minimum Gasteiger partial charge on any atom is -0.497 e. The van der Waals surface area contributed by atoms with E-state index >= 15 is 0 Å². The van der Waals surface area contributed by atoms with Gasteiger partial charge in [0.05, 0.1) is 7.11 Å². The molecule has 0 bridgehead atoms. The van der Waals surface area contributed by atoms with E-state index in [1.807, 2.05) is 11.0 Å². The third kappa shape index (κ3) is 3.84. The highest BCUT2D eigenvalue weighted by Crippen LogP contribution is 2.44. The Morgan fingerprint density at radius 1 is 1.18 bits per heavy atom. The van der Waals surface area contributed by atoms with Crippen molar-refractivity contribution >= 4 is 29.9 Å². The van der Waals surface area contributed by atoms with Gasteiger partial charge in [0.2, 0.25) is 0 Å². The van der Waals surface area contributed by atoms with Crippen LogP contribution in [0.1, 0.15) is 22.0 Å². The lowest BCUT2D eigenvalue weighted by Crippen LogP contribution is -2.33. The predicted octanol–water partition coefficient (Wildman–Crippen LogP) is 4.28. The summed E-state index contributed by atoms with van der Waals surface area (Å²) < 4.78 is 18.9. The number of halogens is 3. The van der Waals surface area contributed by atoms with Crippen LogP contribution in [0, 0.1) is 17.7 Å². The van der Waals surface area contributed by atoms with Crippen molar-refractivity contribution in [2.24, 2.45) is 11.8 Å². The number of likely N-dealkylation sites (tertiary alicyclic amines) is 2. The summed E-state index contributed by atoms with van der Waals surface area (Å²) in [5.41, 5.74) is 1.51. The fraction of sp³-hybridized carbons (Fsp3) is 0.381. The number of hydrogen-bond acceptors (Lipinski definition) is 3. The van der Waals surface area contributed by atoms with Gasteiger partial charge in [0.25, 0.3) is 5.91 Å². The topological polar surface area (TPSA) is 32.8 Å². The van der Waals surface area contributed by atoms with Gasteiger partial charge in [-0.2, -0.15) is 0 Å². The van der Waals surface area contributed by atoms with Crippen molar-refractivity contribution in [3.63, 3.8) is 0 Å². The van der Waals surface area contributed by atoms with E-state index in [1.165, 1.54) is 6.07 Å². The Balaban J connectivity index is 0.00000225. The van der Waals surface area contributed by atoms with Gasteiger partial charge in [0, 0.05) is 42.2 Å². The van der Waals surface area contributed by atoms with Crippen molar-refractivity contribution in [2.45, 2.75) is 6.04 Å². The summed E-state index contributed by atoms with van der Waals surface area (Å²) in [5.74, 6) is 0.991. The van der Waals surface area contributed by atoms with Crippen molar-refractivity contribution in [1.82, 2.24) is 9.80 Å². The average Bonchev–Trinajstić information content (AvgIpc) is 3.16. The lowest BCUT2D eigenvalue weighted by molar-refractivity contribution is 0.0767. The molecule has 0 aliphatic carbocycles. The molecule has 150 valence electrons. The number of fused-ring (bicyclic) bond motifs is 1. The maximum atomic E-state index is 13.7. The van der Waals surface area contributed by atoms with E-state index in [0.717, 1.165) is 12.1 Å². The fourth-order valence-corrected chi connectivity index (χ4v) is 4.83. The van der Waals surface area contributed by atoms with Crippen LogP contribution in [0.3, 0.4) is 0 Å². The molecule has 1 amide bonds. The van der Waals surface area contributed by atoms with Crippen LogP contribution in [-0.4, -0.2) is 49.5 Å². The fourth-order valence-electron chi connectivity index (χ4n) is 4.60. The van der Waals surface area contributed by atoms with Crippen LogP contribution < -0.4 is 4.74 Å². The van der Waals surface area contributed by atoms with E-state index in [0.29, 0.717) is 41.3 Å². The second kappa shape index (κ2) is 8.27. The van der Waals surface area contributed by atoms with Crippen LogP contribution in [0.5, 0.6) is 5.75 Å². The van der Waals surface area contributed by atoms with E-state index in [2.05, 4.69) is 11.9 Å². The van der Waals surface area contributed by atoms with Gasteiger partial charge in [-0.1, -0.05) is 23.7 Å². The summed E-state index contributed by atoms with van der Waals surface area (Å²) in [7, 11) is 3.63. The smallest absolute Gasteiger partial charge is 0.254 e. The van der Waals surface area contributed by atoms with Gasteiger partial charge in [-0.05, 0) is 48.9 Å². The first-order chi connectivity index (χ1) is 13.0. The number of methoxy groups -OCH3 is 1. The molecule has 2 saturated heterocycles. The predicted molar refractivity (Wildman–Crippen MR) is 110 cm³/mol. The Kier molecular flexibility index (Phi) is 6.18. The molecule has 0 saturated carbocycles. The third-order valence-corrected chi connectivity index (χ3v) is 5.94. The highest BCUT2D eigenvalue weighted by molar-refractivity contribution is 6.31. The molecule has 3 atom stereocenters. The molecule has 7 heteroatoms. The SMILES string of the molecule is COc1cc(Cl)cc(C(=O)N2C[C@@H]3CN(C)[C@@H](c4cccc(F)c4)[C@@H]3C2)c1.Cl. The number of hydrogen-bond donors (Lipinski definition) is 0. The number of amides is 1. The van der Waals surface area contributed by atoms with E-state index < -0.39 is 0 Å². The van der Waals surface area contributed by atoms with Gasteiger partial charge in [-0.15, -0.1) is 12.4 Å². The monoisotopic (exact) mass is 424 g/mol. The zero-order valence-electron chi connectivity index (χ0n) is 15.8. The van der Waals surface area contributed by atoms with Gasteiger partial charge in [-0.25, -0.2) is 4.39 Å². The highest BCUT2D eigenvalue weighted by atomic mass is 35.5. The van der Waals surface area contributed by atoms with E-state index in [-0.39, 0.29) is 30.2 Å². The molecule has 0 aromatic heterocycles. The van der Waals surface area contributed by atoms with Gasteiger partial charge >= 0.3 is 0 Å². The van der Waals surface area contributed by atoms with Crippen LogP contribution in [-0.2, 0) is 0 Å². The summed E-state index contributed by atoms with van der Waals surface area (Å²) in [4.78, 5) is 17.2. The lowest BCUT2D eigenvalue weighted by atomic mass is 9.89. The number of benzene rings is 2. The Morgan fingerprint density at radius 3 is 2.68 bits per heavy atom. The van der Waals surface area contributed by atoms with Crippen molar-refractivity contribution in [2.75, 3.05) is 33.8 Å². The molecule has 28 heavy (non-hydrogen) atoms. The normalized spacial score (nSPS) is 24.0. The maximum absolute atomic E-state index is 13.7. The highest BCUT2D eigenvalue weighted by Gasteiger charge is 2.47. The molecule has 2 aliphatic rings. The second-order valence-electron chi connectivity index (χ2n) is 7.45. The van der Waals surface area contributed by atoms with E-state index in [4.69, 9.17) is 16.3 Å². The van der Waals surface area contributed by atoms with Gasteiger partial charge < -0.3 is 9.64 Å². The zero-order valence-corrected chi connectivity index (χ0v) is 17.3. The molecule has 2 aromatic rings. The van der Waals surface area contributed by atoms with Gasteiger partial charge in [0.15, 0.2) is 0 Å². The van der Waals surface area contributed by atoms with Crippen LogP contribution in [0.2, 0.25) is 5.02 Å². The summed E-state index contributed by atoms with van der Waals surface area (Å²) in [6.07, 6.45) is 0. The quantitative estimate of drug-likeness (QED) is 0.736. The number of nitrogens with zero attached hydrogens (tertiary/aromatic N) is 2. The molecule has 0 radical (unpaired) electrons. The molecule has 0 unspecified atom stereocenters. The second-order valence-corrected chi connectivity index (χ2v) is 7.89. The standard InChI is InChI=1S/C21H22ClFN2O2.ClH/c1-24-10-15-11-25(21(26)14-6-16(22)9-18(8-14)27-2)12-19(15)20(24)13-4-3-5-17(23)7-13;/h3-9,15,19-20H,10-12H2,1-2H3;1H/t15-,19+,20-;/m0./s1. The van der Waals surface area contributed by atoms with Crippen LogP contribution in [0.15, 0.2) is 42.5 Å². The van der Waals surface area contributed by atoms with Crippen LogP contribution in [0.25, 0.3) is 0 Å². The molecule has 2 aromatic carbocycles. The molecule has 4 nitrogen and oxygen atoms in total. The van der Waals surface area contributed by atoms with Crippen LogP contribution in [0.4, 0.5) is 4.39 Å². The maximum Gasteiger partial charge on any atom is 0.254 e. The van der Waals surface area contributed by atoms with Gasteiger partial charge in [0.1, 0.15) is 11.6 Å². The summed E-state index contributed by atoms with van der Waals surface area (Å²) in [6.45, 7) is 2.26. The molecular weight excluding hydrogens is 402 g/mol. The van der Waals surface area contributed by atoms with Crippen molar-refractivity contribution in [3.8, 4) is 5.75 Å². The van der Waals surface area contributed by atoms with E-state index in [1.54, 1.807) is 37.4 Å². The number of carbonyl (C=O) groups excluding carboxylic acids is 1. The number of rotatable bonds is 3. The average molecular weight is 425 g/mol. The molecule has 2 heterocycles. The summed E-state index contributed by atoms with van der Waals surface area (Å²) >= 11 is 6.12. The molecule has 0 N–H and O–H groups in total. The van der Waals surface area contributed by atoms with Crippen molar-refractivity contribution in [1.29, 1.82) is 0 Å². The molecule has 2 fully saturated rings. The molecular formula is C21H23Cl2FN2O2. The van der Waals surface area contributed by atoms with Crippen LogP contribution >= 0.6 is 24.0 Å². The minimum absolute atomic E-state index is 0. The Morgan fingerprint density at radius 2 is 1.96 bits per heavy atom. The molecule has 4 rings (SSSR count). The third-order valence-electron chi connectivity index (χ3n) is 5.73. The zero-order chi connectivity index (χ0) is 19.1. The first kappa shape index (κ1) is 20.9. The first-order valence-electron chi connectivity index (χ1n) is 9.06. The van der Waals surface area contributed by atoms with E-state index in [9.17, 15) is 9.18 Å². The minimum atomic E-state index is -0.221. The number of carbonyl (C=O) groups is 1. The summed E-state index contributed by atoms with van der Waals surface area (Å²) in [6, 6.07) is 12.0. The molecule has 2 aliphatic heterocycles. The lowest BCUT2D eigenvalue weighted by Gasteiger charge is -2.27. The Labute approximate surface area is 175 Å². The largest absolute Gasteiger partial charge is 0.497 e. The first-order valence-corrected chi connectivity index (χ1v) is 9.43. The van der Waals surface area contributed by atoms with Crippen molar-refractivity contribution in [3.05, 3.63) is 64.4 Å². The number of ether oxygens (including phenoxy) is 1. The van der Waals surface area contributed by atoms with Gasteiger partial charge in [-0.3, -0.25) is 9.69 Å².